The van der Waals surface area contributed by atoms with Crippen molar-refractivity contribution in [3.05, 3.63) is 95.6 Å². The van der Waals surface area contributed by atoms with Gasteiger partial charge in [0.05, 0.1) is 31.8 Å². The minimum Gasteiger partial charge on any atom is -0.497 e. The third kappa shape index (κ3) is 4.40. The highest BCUT2D eigenvalue weighted by molar-refractivity contribution is 8.01. The molecule has 3 aromatic rings. The third-order valence-electron chi connectivity index (χ3n) is 4.81. The topological polar surface area (TPSA) is 44.8 Å². The van der Waals surface area contributed by atoms with Gasteiger partial charge >= 0.3 is 5.97 Å². The van der Waals surface area contributed by atoms with Crippen LogP contribution in [0.2, 0.25) is 0 Å². The van der Waals surface area contributed by atoms with E-state index < -0.39 is 4.75 Å². The van der Waals surface area contributed by atoms with Crippen molar-refractivity contribution in [3.8, 4) is 11.5 Å². The molecule has 0 heterocycles. The standard InChI is InChI=1S/C24H24O4S/c1-26-21-13-9-19(10-14-21)24(29-17-23(25)28-3,18-7-5-4-6-8-18)20-11-15-22(27-2)16-12-20/h4-16H,17H2,1-3H3. The Balaban J connectivity index is 2.22. The molecule has 0 aromatic heterocycles. The maximum atomic E-state index is 12.1. The molecule has 0 atom stereocenters. The number of rotatable bonds is 8. The predicted octanol–water partition coefficient (Wildman–Crippen LogP) is 4.90. The summed E-state index contributed by atoms with van der Waals surface area (Å²) in [6.07, 6.45) is 0. The first-order chi connectivity index (χ1) is 14.1. The SMILES string of the molecule is COC(=O)CSC(c1ccccc1)(c1ccc(OC)cc1)c1ccc(OC)cc1. The number of hydrogen-bond acceptors (Lipinski definition) is 5. The fraction of sp³-hybridized carbons (Fsp3) is 0.208. The Hall–Kier alpha value is -2.92. The minimum atomic E-state index is -0.603. The molecule has 0 aliphatic carbocycles. The zero-order valence-corrected chi connectivity index (χ0v) is 17.6. The van der Waals surface area contributed by atoms with Crippen molar-refractivity contribution in [3.63, 3.8) is 0 Å². The first-order valence-electron chi connectivity index (χ1n) is 9.19. The number of hydrogen-bond donors (Lipinski definition) is 0. The fourth-order valence-electron chi connectivity index (χ4n) is 3.30. The van der Waals surface area contributed by atoms with Gasteiger partial charge in [-0.1, -0.05) is 54.6 Å². The highest BCUT2D eigenvalue weighted by atomic mass is 32.2. The van der Waals surface area contributed by atoms with Gasteiger partial charge in [0.25, 0.3) is 0 Å². The van der Waals surface area contributed by atoms with E-state index in [1.165, 1.54) is 18.9 Å². The van der Waals surface area contributed by atoms with Crippen LogP contribution in [0.25, 0.3) is 0 Å². The van der Waals surface area contributed by atoms with Crippen LogP contribution in [0.4, 0.5) is 0 Å². The number of benzene rings is 3. The summed E-state index contributed by atoms with van der Waals surface area (Å²) in [6, 6.07) is 26.1. The number of thioether (sulfide) groups is 1. The van der Waals surface area contributed by atoms with Crippen LogP contribution >= 0.6 is 11.8 Å². The van der Waals surface area contributed by atoms with Crippen LogP contribution in [-0.4, -0.2) is 33.1 Å². The summed E-state index contributed by atoms with van der Waals surface area (Å²) in [5.41, 5.74) is 3.16. The van der Waals surface area contributed by atoms with E-state index >= 15 is 0 Å². The lowest BCUT2D eigenvalue weighted by Crippen LogP contribution is -2.27. The van der Waals surface area contributed by atoms with Gasteiger partial charge in [-0.25, -0.2) is 0 Å². The van der Waals surface area contributed by atoms with Crippen molar-refractivity contribution >= 4 is 17.7 Å². The molecule has 4 nitrogen and oxygen atoms in total. The van der Waals surface area contributed by atoms with Gasteiger partial charge in [0, 0.05) is 0 Å². The maximum absolute atomic E-state index is 12.1. The normalized spacial score (nSPS) is 11.0. The number of carbonyl (C=O) groups excluding carboxylic acids is 1. The molecule has 0 saturated heterocycles. The van der Waals surface area contributed by atoms with Crippen molar-refractivity contribution < 1.29 is 19.0 Å². The lowest BCUT2D eigenvalue weighted by molar-refractivity contribution is -0.137. The Kier molecular flexibility index (Phi) is 6.83. The largest absolute Gasteiger partial charge is 0.497 e. The van der Waals surface area contributed by atoms with Crippen LogP contribution in [0, 0.1) is 0 Å². The first-order valence-corrected chi connectivity index (χ1v) is 10.2. The second kappa shape index (κ2) is 9.52. The highest BCUT2D eigenvalue weighted by Gasteiger charge is 2.37. The zero-order valence-electron chi connectivity index (χ0n) is 16.8. The molecule has 29 heavy (non-hydrogen) atoms. The van der Waals surface area contributed by atoms with Crippen molar-refractivity contribution in [2.24, 2.45) is 0 Å². The molecule has 0 spiro atoms. The summed E-state index contributed by atoms with van der Waals surface area (Å²) < 4.78 is 15.0. The van der Waals surface area contributed by atoms with E-state index in [1.807, 2.05) is 66.7 Å². The molecule has 0 radical (unpaired) electrons. The van der Waals surface area contributed by atoms with Crippen molar-refractivity contribution in [1.82, 2.24) is 0 Å². The van der Waals surface area contributed by atoms with E-state index in [0.717, 1.165) is 28.2 Å². The summed E-state index contributed by atoms with van der Waals surface area (Å²) in [6.45, 7) is 0. The molecule has 0 saturated carbocycles. The zero-order chi connectivity index (χ0) is 20.7. The molecule has 0 fully saturated rings. The number of esters is 1. The lowest BCUT2D eigenvalue weighted by Gasteiger charge is -2.35. The van der Waals surface area contributed by atoms with Crippen molar-refractivity contribution in [2.75, 3.05) is 27.1 Å². The van der Waals surface area contributed by atoms with Crippen LogP contribution in [0.1, 0.15) is 16.7 Å². The van der Waals surface area contributed by atoms with Crippen LogP contribution < -0.4 is 9.47 Å². The predicted molar refractivity (Wildman–Crippen MR) is 117 cm³/mol. The van der Waals surface area contributed by atoms with Gasteiger partial charge in [0.15, 0.2) is 0 Å². The van der Waals surface area contributed by atoms with Gasteiger partial charge in [-0.2, -0.15) is 0 Å². The van der Waals surface area contributed by atoms with Crippen LogP contribution in [0.15, 0.2) is 78.9 Å². The van der Waals surface area contributed by atoms with Gasteiger partial charge in [-0.3, -0.25) is 4.79 Å². The molecule has 3 rings (SSSR count). The lowest BCUT2D eigenvalue weighted by atomic mass is 9.84. The third-order valence-corrected chi connectivity index (χ3v) is 6.33. The smallest absolute Gasteiger partial charge is 0.315 e. The van der Waals surface area contributed by atoms with Crippen LogP contribution in [-0.2, 0) is 14.3 Å². The van der Waals surface area contributed by atoms with Crippen molar-refractivity contribution in [2.45, 2.75) is 4.75 Å². The molecule has 0 N–H and O–H groups in total. The van der Waals surface area contributed by atoms with Crippen LogP contribution in [0.3, 0.4) is 0 Å². The monoisotopic (exact) mass is 408 g/mol. The maximum Gasteiger partial charge on any atom is 0.315 e. The Bertz CT molecular complexity index is 874. The van der Waals surface area contributed by atoms with Gasteiger partial charge < -0.3 is 14.2 Å². The molecular formula is C24H24O4S. The second-order valence-electron chi connectivity index (χ2n) is 6.37. The number of methoxy groups -OCH3 is 3. The number of ether oxygens (including phenoxy) is 3. The molecule has 5 heteroatoms. The molecule has 0 amide bonds. The van der Waals surface area contributed by atoms with Gasteiger partial charge in [-0.05, 0) is 41.0 Å². The Morgan fingerprint density at radius 2 is 1.17 bits per heavy atom. The Morgan fingerprint density at radius 1 is 0.724 bits per heavy atom. The van der Waals surface area contributed by atoms with E-state index in [0.29, 0.717) is 0 Å². The number of carbonyl (C=O) groups is 1. The van der Waals surface area contributed by atoms with Crippen LogP contribution in [0.5, 0.6) is 11.5 Å². The van der Waals surface area contributed by atoms with E-state index in [-0.39, 0.29) is 11.7 Å². The molecule has 0 aliphatic heterocycles. The van der Waals surface area contributed by atoms with E-state index in [9.17, 15) is 4.79 Å². The molecule has 0 aliphatic rings. The Morgan fingerprint density at radius 3 is 1.59 bits per heavy atom. The summed E-state index contributed by atoms with van der Waals surface area (Å²) in [7, 11) is 4.71. The summed E-state index contributed by atoms with van der Waals surface area (Å²) in [4.78, 5) is 12.1. The molecular weight excluding hydrogens is 384 g/mol. The summed E-state index contributed by atoms with van der Waals surface area (Å²) in [5.74, 6) is 1.51. The molecule has 0 bridgehead atoms. The molecule has 0 unspecified atom stereocenters. The minimum absolute atomic E-state index is 0.212. The van der Waals surface area contributed by atoms with Gasteiger partial charge in [0.1, 0.15) is 11.5 Å². The summed E-state index contributed by atoms with van der Waals surface area (Å²) in [5, 5.41) is 0. The van der Waals surface area contributed by atoms with E-state index in [2.05, 4.69) is 12.1 Å². The quantitative estimate of drug-likeness (QED) is 0.392. The van der Waals surface area contributed by atoms with E-state index in [1.54, 1.807) is 14.2 Å². The highest BCUT2D eigenvalue weighted by Crippen LogP contribution is 2.49. The Labute approximate surface area is 175 Å². The van der Waals surface area contributed by atoms with Crippen molar-refractivity contribution in [1.29, 1.82) is 0 Å². The molecule has 150 valence electrons. The average molecular weight is 409 g/mol. The van der Waals surface area contributed by atoms with Gasteiger partial charge in [0.2, 0.25) is 0 Å². The second-order valence-corrected chi connectivity index (χ2v) is 7.56. The molecule has 3 aromatic carbocycles. The van der Waals surface area contributed by atoms with Gasteiger partial charge in [-0.15, -0.1) is 11.8 Å². The average Bonchev–Trinajstić information content (AvgIpc) is 2.80. The first kappa shape index (κ1) is 20.8. The fourth-order valence-corrected chi connectivity index (χ4v) is 4.66. The summed E-state index contributed by atoms with van der Waals surface area (Å²) >= 11 is 1.53. The van der Waals surface area contributed by atoms with E-state index in [4.69, 9.17) is 14.2 Å².